The van der Waals surface area contributed by atoms with Gasteiger partial charge in [-0.2, -0.15) is 0 Å². The molecule has 0 aromatic heterocycles. The average molecular weight is 366 g/mol. The molecule has 3 rings (SSSR count). The quantitative estimate of drug-likeness (QED) is 0.841. The van der Waals surface area contributed by atoms with Crippen LogP contribution in [0.1, 0.15) is 17.3 Å². The number of hydrogen-bond acceptors (Lipinski definition) is 5. The van der Waals surface area contributed by atoms with Crippen LogP contribution in [-0.4, -0.2) is 24.8 Å². The molecule has 0 fully saturated rings. The van der Waals surface area contributed by atoms with Crippen molar-refractivity contribution < 1.29 is 28.2 Å². The van der Waals surface area contributed by atoms with E-state index in [-0.39, 0.29) is 17.4 Å². The minimum atomic E-state index is -1.13. The zero-order chi connectivity index (χ0) is 18.0. The Hall–Kier alpha value is -2.80. The molecule has 0 saturated heterocycles. The number of halogens is 2. The van der Waals surface area contributed by atoms with Crippen LogP contribution in [0.2, 0.25) is 5.02 Å². The lowest BCUT2D eigenvalue weighted by Crippen LogP contribution is -2.30. The summed E-state index contributed by atoms with van der Waals surface area (Å²) in [6, 6.07) is 8.42. The number of carbonyl (C=O) groups is 2. The number of carbonyl (C=O) groups excluding carboxylic acids is 2. The van der Waals surface area contributed by atoms with Crippen molar-refractivity contribution in [2.45, 2.75) is 13.0 Å². The van der Waals surface area contributed by atoms with Crippen molar-refractivity contribution in [1.29, 1.82) is 0 Å². The Labute approximate surface area is 147 Å². The van der Waals surface area contributed by atoms with Crippen LogP contribution in [0.15, 0.2) is 36.4 Å². The van der Waals surface area contributed by atoms with Gasteiger partial charge in [0.15, 0.2) is 17.6 Å². The van der Waals surface area contributed by atoms with Gasteiger partial charge < -0.3 is 19.5 Å². The number of ether oxygens (including phenoxy) is 3. The molecule has 1 aliphatic heterocycles. The summed E-state index contributed by atoms with van der Waals surface area (Å²) in [4.78, 5) is 24.1. The first-order chi connectivity index (χ1) is 11.9. The predicted molar refractivity (Wildman–Crippen MR) is 87.5 cm³/mol. The van der Waals surface area contributed by atoms with Crippen molar-refractivity contribution in [3.05, 3.63) is 52.8 Å². The first-order valence-corrected chi connectivity index (χ1v) is 7.68. The van der Waals surface area contributed by atoms with Gasteiger partial charge >= 0.3 is 5.97 Å². The van der Waals surface area contributed by atoms with Crippen molar-refractivity contribution in [1.82, 2.24) is 0 Å². The maximum atomic E-state index is 13.7. The van der Waals surface area contributed by atoms with Gasteiger partial charge in [-0.1, -0.05) is 11.6 Å². The lowest BCUT2D eigenvalue weighted by Gasteiger charge is -2.14. The second-order valence-electron chi connectivity index (χ2n) is 5.23. The lowest BCUT2D eigenvalue weighted by molar-refractivity contribution is -0.123. The van der Waals surface area contributed by atoms with Crippen LogP contribution in [0.4, 0.5) is 10.1 Å². The third-order valence-electron chi connectivity index (χ3n) is 3.44. The zero-order valence-corrected chi connectivity index (χ0v) is 13.8. The number of amides is 1. The van der Waals surface area contributed by atoms with E-state index in [4.69, 9.17) is 25.8 Å². The summed E-state index contributed by atoms with van der Waals surface area (Å²) in [6.07, 6.45) is -1.13. The van der Waals surface area contributed by atoms with Crippen molar-refractivity contribution in [2.24, 2.45) is 0 Å². The molecule has 8 heteroatoms. The maximum Gasteiger partial charge on any atom is 0.341 e. The van der Waals surface area contributed by atoms with Crippen LogP contribution < -0.4 is 14.8 Å². The Kier molecular flexibility index (Phi) is 4.76. The normalized spacial score (nSPS) is 13.2. The third-order valence-corrected chi connectivity index (χ3v) is 3.68. The fourth-order valence-electron chi connectivity index (χ4n) is 2.15. The van der Waals surface area contributed by atoms with Gasteiger partial charge in [0.1, 0.15) is 5.82 Å². The summed E-state index contributed by atoms with van der Waals surface area (Å²) in [7, 11) is 0. The van der Waals surface area contributed by atoms with E-state index in [1.807, 2.05) is 0 Å². The monoisotopic (exact) mass is 365 g/mol. The highest BCUT2D eigenvalue weighted by Crippen LogP contribution is 2.34. The summed E-state index contributed by atoms with van der Waals surface area (Å²) in [6.45, 7) is 1.50. The molecule has 1 heterocycles. The third kappa shape index (κ3) is 3.83. The summed E-state index contributed by atoms with van der Waals surface area (Å²) in [5.41, 5.74) is 0.155. The molecule has 1 aliphatic rings. The lowest BCUT2D eigenvalue weighted by atomic mass is 10.2. The smallest absolute Gasteiger partial charge is 0.341 e. The molecule has 0 bridgehead atoms. The highest BCUT2D eigenvalue weighted by atomic mass is 35.5. The van der Waals surface area contributed by atoms with Crippen molar-refractivity contribution in [3.8, 4) is 11.5 Å². The molecule has 0 radical (unpaired) electrons. The first kappa shape index (κ1) is 17.0. The molecule has 1 atom stereocenters. The van der Waals surface area contributed by atoms with Crippen LogP contribution in [0.25, 0.3) is 0 Å². The Morgan fingerprint density at radius 3 is 2.72 bits per heavy atom. The fraction of sp³-hybridized carbons (Fsp3) is 0.176. The number of benzene rings is 2. The average Bonchev–Trinajstić information content (AvgIpc) is 3.02. The second-order valence-corrected chi connectivity index (χ2v) is 5.67. The van der Waals surface area contributed by atoms with Crippen LogP contribution >= 0.6 is 11.6 Å². The molecule has 2 aromatic carbocycles. The van der Waals surface area contributed by atoms with E-state index in [0.29, 0.717) is 17.2 Å². The molecule has 130 valence electrons. The molecule has 25 heavy (non-hydrogen) atoms. The van der Waals surface area contributed by atoms with E-state index in [1.165, 1.54) is 19.1 Å². The van der Waals surface area contributed by atoms with Gasteiger partial charge in [0, 0.05) is 16.8 Å². The largest absolute Gasteiger partial charge is 0.454 e. The summed E-state index contributed by atoms with van der Waals surface area (Å²) >= 11 is 5.63. The molecule has 0 saturated carbocycles. The molecule has 1 amide bonds. The number of esters is 1. The summed E-state index contributed by atoms with van der Waals surface area (Å²) in [5.74, 6) is -1.26. The van der Waals surface area contributed by atoms with E-state index in [2.05, 4.69) is 5.32 Å². The zero-order valence-electron chi connectivity index (χ0n) is 13.0. The van der Waals surface area contributed by atoms with Crippen LogP contribution in [-0.2, 0) is 9.53 Å². The number of fused-ring (bicyclic) bond motifs is 1. The second kappa shape index (κ2) is 6.98. The van der Waals surface area contributed by atoms with E-state index < -0.39 is 23.8 Å². The summed E-state index contributed by atoms with van der Waals surface area (Å²) in [5, 5.41) is 2.74. The number of anilines is 1. The standard InChI is InChI=1S/C17H13ClFNO5/c1-9(25-17(22)12-4-2-10(18)6-13(12)19)16(21)20-11-3-5-14-15(7-11)24-8-23-14/h2-7,9H,8H2,1H3,(H,20,21)/t9-/m0/s1. The molecular formula is C17H13ClFNO5. The Balaban J connectivity index is 1.63. The van der Waals surface area contributed by atoms with Crippen molar-refractivity contribution >= 4 is 29.2 Å². The first-order valence-electron chi connectivity index (χ1n) is 7.30. The number of rotatable bonds is 4. The van der Waals surface area contributed by atoms with Gasteiger partial charge in [0.05, 0.1) is 5.56 Å². The number of hydrogen-bond donors (Lipinski definition) is 1. The SMILES string of the molecule is C[C@H](OC(=O)c1ccc(Cl)cc1F)C(=O)Nc1ccc2c(c1)OCO2. The topological polar surface area (TPSA) is 73.9 Å². The van der Waals surface area contributed by atoms with Gasteiger partial charge in [-0.15, -0.1) is 0 Å². The van der Waals surface area contributed by atoms with E-state index in [0.717, 1.165) is 6.07 Å². The molecule has 1 N–H and O–H groups in total. The van der Waals surface area contributed by atoms with Crippen LogP contribution in [0.5, 0.6) is 11.5 Å². The molecule has 0 aliphatic carbocycles. The van der Waals surface area contributed by atoms with Gasteiger partial charge in [-0.3, -0.25) is 4.79 Å². The molecule has 0 unspecified atom stereocenters. The van der Waals surface area contributed by atoms with Crippen LogP contribution in [0.3, 0.4) is 0 Å². The summed E-state index contributed by atoms with van der Waals surface area (Å²) < 4.78 is 29.1. The minimum absolute atomic E-state index is 0.118. The van der Waals surface area contributed by atoms with Gasteiger partial charge in [0.25, 0.3) is 5.91 Å². The molecular weight excluding hydrogens is 353 g/mol. The van der Waals surface area contributed by atoms with Gasteiger partial charge in [0.2, 0.25) is 6.79 Å². The highest BCUT2D eigenvalue weighted by Gasteiger charge is 2.22. The van der Waals surface area contributed by atoms with E-state index in [1.54, 1.807) is 18.2 Å². The van der Waals surface area contributed by atoms with Crippen LogP contribution in [0, 0.1) is 5.82 Å². The highest BCUT2D eigenvalue weighted by molar-refractivity contribution is 6.30. The molecule has 2 aromatic rings. The van der Waals surface area contributed by atoms with Crippen molar-refractivity contribution in [2.75, 3.05) is 12.1 Å². The Bertz CT molecular complexity index is 842. The maximum absolute atomic E-state index is 13.7. The van der Waals surface area contributed by atoms with Gasteiger partial charge in [-0.25, -0.2) is 9.18 Å². The fourth-order valence-corrected chi connectivity index (χ4v) is 2.31. The number of nitrogens with one attached hydrogen (secondary N) is 1. The Morgan fingerprint density at radius 1 is 1.20 bits per heavy atom. The molecule has 0 spiro atoms. The molecule has 6 nitrogen and oxygen atoms in total. The van der Waals surface area contributed by atoms with E-state index in [9.17, 15) is 14.0 Å². The van der Waals surface area contributed by atoms with Crippen molar-refractivity contribution in [3.63, 3.8) is 0 Å². The van der Waals surface area contributed by atoms with Gasteiger partial charge in [-0.05, 0) is 37.3 Å². The Morgan fingerprint density at radius 2 is 1.96 bits per heavy atom. The minimum Gasteiger partial charge on any atom is -0.454 e. The predicted octanol–water partition coefficient (Wildman–Crippen LogP) is 3.39. The van der Waals surface area contributed by atoms with E-state index >= 15 is 0 Å².